The van der Waals surface area contributed by atoms with Gasteiger partial charge in [0, 0.05) is 42.1 Å². The topological polar surface area (TPSA) is 49.9 Å². The Labute approximate surface area is 338 Å². The number of nitrogens with one attached hydrogen (secondary N) is 1. The number of fused-ring (bicyclic) bond motifs is 8. The molecule has 4 nitrogen and oxygen atoms in total. The molecule has 1 N–H and O–H groups in total. The van der Waals surface area contributed by atoms with Crippen LogP contribution in [-0.4, -0.2) is 11.7 Å². The van der Waals surface area contributed by atoms with Gasteiger partial charge >= 0.3 is 0 Å². The molecule has 3 heterocycles. The van der Waals surface area contributed by atoms with E-state index >= 15 is 0 Å². The van der Waals surface area contributed by atoms with E-state index in [4.69, 9.17) is 14.4 Å². The molecule has 11 aromatic rings. The molecule has 12 rings (SSSR count). The van der Waals surface area contributed by atoms with Crippen LogP contribution >= 0.6 is 11.3 Å². The number of aliphatic imine (C=N–C) groups is 2. The van der Waals surface area contributed by atoms with Crippen LogP contribution in [0.1, 0.15) is 22.9 Å². The quantitative estimate of drug-likeness (QED) is 0.190. The van der Waals surface area contributed by atoms with E-state index in [1.807, 2.05) is 11.3 Å². The molecule has 1 aliphatic heterocycles. The second-order valence-corrected chi connectivity index (χ2v) is 16.1. The summed E-state index contributed by atoms with van der Waals surface area (Å²) < 4.78 is 9.21. The number of rotatable bonds is 5. The smallest absolute Gasteiger partial charge is 0.159 e. The van der Waals surface area contributed by atoms with E-state index in [2.05, 4.69) is 193 Å². The second kappa shape index (κ2) is 13.1. The fourth-order valence-corrected chi connectivity index (χ4v) is 9.78. The van der Waals surface area contributed by atoms with Gasteiger partial charge in [0.25, 0.3) is 0 Å². The molecule has 1 unspecified atom stereocenters. The molecule has 272 valence electrons. The molecule has 0 bridgehead atoms. The molecular formula is C53H33N3OS. The van der Waals surface area contributed by atoms with E-state index in [9.17, 15) is 0 Å². The number of nitrogens with zero attached hydrogens (tertiary/aromatic N) is 2. The first-order valence-corrected chi connectivity index (χ1v) is 20.4. The molecule has 0 fully saturated rings. The molecule has 0 radical (unpaired) electrons. The molecule has 0 saturated heterocycles. The summed E-state index contributed by atoms with van der Waals surface area (Å²) in [6.45, 7) is 0. The SMILES string of the molecule is c1ccc(-c2ccc(-c3ccc4oc5cc6ccccc6cc5c4c3C3=NC(c4ccc5ccccc5c4)=NC(c4ccc5c(c4)sc4ccccc45)N3)cc2)cc1. The van der Waals surface area contributed by atoms with Gasteiger partial charge in [-0.05, 0) is 91.8 Å². The van der Waals surface area contributed by atoms with Crippen LogP contribution in [-0.2, 0) is 0 Å². The zero-order valence-electron chi connectivity index (χ0n) is 31.2. The lowest BCUT2D eigenvalue weighted by Crippen LogP contribution is -2.34. The third-order valence-electron chi connectivity index (χ3n) is 11.5. The van der Waals surface area contributed by atoms with E-state index < -0.39 is 6.17 Å². The number of furan rings is 1. The third-order valence-corrected chi connectivity index (χ3v) is 12.6. The van der Waals surface area contributed by atoms with Crippen LogP contribution in [0.2, 0.25) is 0 Å². The predicted octanol–water partition coefficient (Wildman–Crippen LogP) is 14.1. The first kappa shape index (κ1) is 32.9. The highest BCUT2D eigenvalue weighted by molar-refractivity contribution is 7.25. The summed E-state index contributed by atoms with van der Waals surface area (Å²) in [4.78, 5) is 10.9. The summed E-state index contributed by atoms with van der Waals surface area (Å²) in [6.07, 6.45) is -0.397. The number of benzene rings is 9. The first-order valence-electron chi connectivity index (χ1n) is 19.6. The number of amidine groups is 2. The van der Waals surface area contributed by atoms with Crippen molar-refractivity contribution in [2.45, 2.75) is 6.17 Å². The Morgan fingerprint density at radius 3 is 1.98 bits per heavy atom. The maximum Gasteiger partial charge on any atom is 0.159 e. The second-order valence-electron chi connectivity index (χ2n) is 15.0. The number of thiophene rings is 1. The summed E-state index contributed by atoms with van der Waals surface area (Å²) in [6, 6.07) is 66.9. The highest BCUT2D eigenvalue weighted by atomic mass is 32.1. The standard InChI is InChI=1S/C53H33N3OS/c1-2-10-32(11-3-1)34-18-21-35(22-19-34)41-26-27-45-49(44-29-37-14-6-7-15-38(37)30-46(44)57-45)50(41)53-55-51(39-23-20-33-12-4-5-13-36(33)28-39)54-52(56-53)40-24-25-43-42-16-8-9-17-47(42)58-48(43)31-40/h1-31,52H,(H,54,55,56). The minimum atomic E-state index is -0.397. The van der Waals surface area contributed by atoms with E-state index in [1.165, 1.54) is 36.7 Å². The minimum Gasteiger partial charge on any atom is -0.456 e. The van der Waals surface area contributed by atoms with Crippen molar-refractivity contribution >= 4 is 86.7 Å². The maximum absolute atomic E-state index is 6.70. The van der Waals surface area contributed by atoms with Crippen LogP contribution < -0.4 is 5.32 Å². The molecule has 0 spiro atoms. The molecule has 0 amide bonds. The average Bonchev–Trinajstić information content (AvgIpc) is 3.85. The fourth-order valence-electron chi connectivity index (χ4n) is 8.63. The van der Waals surface area contributed by atoms with E-state index in [1.54, 1.807) is 0 Å². The van der Waals surface area contributed by atoms with Crippen LogP contribution in [0.25, 0.3) is 85.9 Å². The van der Waals surface area contributed by atoms with Crippen LogP contribution in [0, 0.1) is 0 Å². The first-order chi connectivity index (χ1) is 28.7. The largest absolute Gasteiger partial charge is 0.456 e. The van der Waals surface area contributed by atoms with Gasteiger partial charge < -0.3 is 9.73 Å². The molecular weight excluding hydrogens is 727 g/mol. The van der Waals surface area contributed by atoms with Crippen LogP contribution in [0.3, 0.4) is 0 Å². The van der Waals surface area contributed by atoms with Crippen molar-refractivity contribution in [3.05, 3.63) is 205 Å². The normalized spacial score (nSPS) is 14.4. The Morgan fingerprint density at radius 2 is 1.14 bits per heavy atom. The van der Waals surface area contributed by atoms with Gasteiger partial charge in [-0.15, -0.1) is 11.3 Å². The van der Waals surface area contributed by atoms with Gasteiger partial charge in [0.15, 0.2) is 5.84 Å². The molecule has 2 aromatic heterocycles. The fraction of sp³-hybridized carbons (Fsp3) is 0.0189. The Morgan fingerprint density at radius 1 is 0.466 bits per heavy atom. The average molecular weight is 760 g/mol. The summed E-state index contributed by atoms with van der Waals surface area (Å²) in [5.41, 5.74) is 9.20. The van der Waals surface area contributed by atoms with E-state index in [-0.39, 0.29) is 0 Å². The van der Waals surface area contributed by atoms with Crippen LogP contribution in [0.4, 0.5) is 0 Å². The third kappa shape index (κ3) is 5.43. The number of hydrogen-bond acceptors (Lipinski definition) is 5. The summed E-state index contributed by atoms with van der Waals surface area (Å²) in [5, 5.41) is 13.1. The predicted molar refractivity (Wildman–Crippen MR) is 244 cm³/mol. The lowest BCUT2D eigenvalue weighted by atomic mass is 9.92. The zero-order valence-corrected chi connectivity index (χ0v) is 32.0. The number of hydrogen-bond donors (Lipinski definition) is 1. The van der Waals surface area contributed by atoms with Gasteiger partial charge in [-0.25, -0.2) is 9.98 Å². The van der Waals surface area contributed by atoms with Crippen molar-refractivity contribution in [2.24, 2.45) is 9.98 Å². The molecule has 5 heteroatoms. The van der Waals surface area contributed by atoms with Crippen molar-refractivity contribution < 1.29 is 4.42 Å². The molecule has 1 atom stereocenters. The maximum atomic E-state index is 6.70. The Hall–Kier alpha value is -7.34. The Kier molecular flexibility index (Phi) is 7.43. The lowest BCUT2D eigenvalue weighted by molar-refractivity contribution is 0.668. The summed E-state index contributed by atoms with van der Waals surface area (Å²) in [5.74, 6) is 1.43. The zero-order chi connectivity index (χ0) is 38.2. The Bertz CT molecular complexity index is 3490. The van der Waals surface area contributed by atoms with Gasteiger partial charge in [0.05, 0.1) is 0 Å². The molecule has 0 saturated carbocycles. The monoisotopic (exact) mass is 759 g/mol. The molecule has 1 aliphatic rings. The van der Waals surface area contributed by atoms with Crippen LogP contribution in [0.5, 0.6) is 0 Å². The van der Waals surface area contributed by atoms with Gasteiger partial charge in [-0.3, -0.25) is 0 Å². The highest BCUT2D eigenvalue weighted by Crippen LogP contribution is 2.41. The van der Waals surface area contributed by atoms with Gasteiger partial charge in [0.1, 0.15) is 23.2 Å². The van der Waals surface area contributed by atoms with Crippen molar-refractivity contribution in [3.8, 4) is 22.3 Å². The lowest BCUT2D eigenvalue weighted by Gasteiger charge is -2.25. The minimum absolute atomic E-state index is 0.397. The Balaban J connectivity index is 1.10. The summed E-state index contributed by atoms with van der Waals surface area (Å²) >= 11 is 1.82. The van der Waals surface area contributed by atoms with Crippen LogP contribution in [0.15, 0.2) is 202 Å². The van der Waals surface area contributed by atoms with Crippen molar-refractivity contribution in [3.63, 3.8) is 0 Å². The van der Waals surface area contributed by atoms with Gasteiger partial charge in [0.2, 0.25) is 0 Å². The van der Waals surface area contributed by atoms with Gasteiger partial charge in [-0.2, -0.15) is 0 Å². The molecule has 9 aromatic carbocycles. The van der Waals surface area contributed by atoms with E-state index in [0.29, 0.717) is 5.84 Å². The van der Waals surface area contributed by atoms with Crippen molar-refractivity contribution in [1.29, 1.82) is 0 Å². The summed E-state index contributed by atoms with van der Waals surface area (Å²) in [7, 11) is 0. The van der Waals surface area contributed by atoms with Crippen molar-refractivity contribution in [2.75, 3.05) is 0 Å². The van der Waals surface area contributed by atoms with Gasteiger partial charge in [-0.1, -0.05) is 146 Å². The molecule has 58 heavy (non-hydrogen) atoms. The highest BCUT2D eigenvalue weighted by Gasteiger charge is 2.27. The molecule has 0 aliphatic carbocycles. The van der Waals surface area contributed by atoms with Crippen molar-refractivity contribution in [1.82, 2.24) is 5.32 Å². The van der Waals surface area contributed by atoms with E-state index in [0.717, 1.165) is 71.8 Å².